The lowest BCUT2D eigenvalue weighted by Gasteiger charge is -2.32. The van der Waals surface area contributed by atoms with Crippen molar-refractivity contribution in [2.75, 3.05) is 31.6 Å². The highest BCUT2D eigenvalue weighted by molar-refractivity contribution is 7.18. The number of nitrogens with one attached hydrogen (secondary N) is 1. The van der Waals surface area contributed by atoms with E-state index in [1.54, 1.807) is 17.5 Å². The van der Waals surface area contributed by atoms with Gasteiger partial charge in [0.15, 0.2) is 5.01 Å². The van der Waals surface area contributed by atoms with Crippen LogP contribution >= 0.6 is 11.3 Å². The van der Waals surface area contributed by atoms with Gasteiger partial charge in [0, 0.05) is 31.9 Å². The molecule has 1 fully saturated rings. The summed E-state index contributed by atoms with van der Waals surface area (Å²) in [4.78, 5) is 6.79. The quantitative estimate of drug-likeness (QED) is 0.831. The molecule has 0 saturated carbocycles. The molecule has 130 valence electrons. The van der Waals surface area contributed by atoms with Gasteiger partial charge in [-0.15, -0.1) is 10.2 Å². The van der Waals surface area contributed by atoms with E-state index in [1.165, 1.54) is 0 Å². The Hall–Kier alpha value is -1.57. The minimum atomic E-state index is 0.315. The lowest BCUT2D eigenvalue weighted by molar-refractivity contribution is 0.0543. The van der Waals surface area contributed by atoms with Crippen LogP contribution in [0.15, 0.2) is 24.4 Å². The smallest absolute Gasteiger partial charge is 0.206 e. The molecule has 0 bridgehead atoms. The molecular formula is C17H25N5OS. The molecule has 3 rings (SSSR count). The third kappa shape index (κ3) is 4.96. The standard InChI is InChI=1S/C17H25N5OS/c1-13(2)23-12-11-22-9-6-14(7-10-22)19-17-21-20-16(24-17)15-5-3-4-8-18-15/h3-5,8,13-14H,6-7,9-12H2,1-2H3,(H,19,21). The molecular weight excluding hydrogens is 322 g/mol. The van der Waals surface area contributed by atoms with Crippen LogP contribution in [0, 0.1) is 0 Å². The summed E-state index contributed by atoms with van der Waals surface area (Å²) in [6, 6.07) is 6.30. The number of rotatable bonds is 7. The first kappa shape index (κ1) is 17.3. The summed E-state index contributed by atoms with van der Waals surface area (Å²) in [5, 5.41) is 13.8. The third-order valence-corrected chi connectivity index (χ3v) is 4.96. The Kier molecular flexibility index (Phi) is 6.12. The van der Waals surface area contributed by atoms with E-state index in [2.05, 4.69) is 39.2 Å². The van der Waals surface area contributed by atoms with Gasteiger partial charge in [0.05, 0.1) is 12.7 Å². The van der Waals surface area contributed by atoms with Crippen LogP contribution in [0.1, 0.15) is 26.7 Å². The van der Waals surface area contributed by atoms with Gasteiger partial charge in [-0.05, 0) is 38.8 Å². The molecule has 0 atom stereocenters. The predicted molar refractivity (Wildman–Crippen MR) is 97.3 cm³/mol. The van der Waals surface area contributed by atoms with Crippen LogP contribution in [-0.4, -0.2) is 58.5 Å². The van der Waals surface area contributed by atoms with E-state index >= 15 is 0 Å². The first-order valence-electron chi connectivity index (χ1n) is 8.56. The monoisotopic (exact) mass is 347 g/mol. The maximum Gasteiger partial charge on any atom is 0.206 e. The van der Waals surface area contributed by atoms with Crippen molar-refractivity contribution in [3.63, 3.8) is 0 Å². The van der Waals surface area contributed by atoms with Crippen molar-refractivity contribution < 1.29 is 4.74 Å². The molecule has 7 heteroatoms. The fraction of sp³-hybridized carbons (Fsp3) is 0.588. The molecule has 6 nitrogen and oxygen atoms in total. The molecule has 2 aromatic rings. The summed E-state index contributed by atoms with van der Waals surface area (Å²) < 4.78 is 5.63. The van der Waals surface area contributed by atoms with Gasteiger partial charge in [0.2, 0.25) is 5.13 Å². The SMILES string of the molecule is CC(C)OCCN1CCC(Nc2nnc(-c3ccccn3)s2)CC1. The molecule has 3 heterocycles. The van der Waals surface area contributed by atoms with Crippen molar-refractivity contribution in [2.24, 2.45) is 0 Å². The molecule has 1 saturated heterocycles. The van der Waals surface area contributed by atoms with Gasteiger partial charge in [-0.25, -0.2) is 0 Å². The molecule has 0 aliphatic carbocycles. The summed E-state index contributed by atoms with van der Waals surface area (Å²) in [6.45, 7) is 8.21. The minimum Gasteiger partial charge on any atom is -0.377 e. The molecule has 0 radical (unpaired) electrons. The van der Waals surface area contributed by atoms with Crippen LogP contribution in [0.3, 0.4) is 0 Å². The van der Waals surface area contributed by atoms with Crippen molar-refractivity contribution >= 4 is 16.5 Å². The Balaban J connectivity index is 1.44. The maximum absolute atomic E-state index is 5.63. The number of hydrogen-bond donors (Lipinski definition) is 1. The van der Waals surface area contributed by atoms with Crippen molar-refractivity contribution in [1.82, 2.24) is 20.1 Å². The van der Waals surface area contributed by atoms with Gasteiger partial charge in [-0.3, -0.25) is 4.98 Å². The molecule has 2 aromatic heterocycles. The topological polar surface area (TPSA) is 63.2 Å². The molecule has 0 unspecified atom stereocenters. The number of anilines is 1. The lowest BCUT2D eigenvalue weighted by atomic mass is 10.1. The van der Waals surface area contributed by atoms with E-state index in [-0.39, 0.29) is 0 Å². The molecule has 1 aliphatic heterocycles. The first-order valence-corrected chi connectivity index (χ1v) is 9.38. The van der Waals surface area contributed by atoms with Crippen molar-refractivity contribution in [3.8, 4) is 10.7 Å². The highest BCUT2D eigenvalue weighted by Crippen LogP contribution is 2.26. The Morgan fingerprint density at radius 2 is 2.12 bits per heavy atom. The van der Waals surface area contributed by atoms with E-state index in [9.17, 15) is 0 Å². The largest absolute Gasteiger partial charge is 0.377 e. The Labute approximate surface area is 147 Å². The summed E-state index contributed by atoms with van der Waals surface area (Å²) in [5.74, 6) is 0. The molecule has 1 aliphatic rings. The zero-order valence-electron chi connectivity index (χ0n) is 14.3. The van der Waals surface area contributed by atoms with Crippen molar-refractivity contribution in [2.45, 2.75) is 38.8 Å². The maximum atomic E-state index is 5.63. The average molecular weight is 347 g/mol. The fourth-order valence-corrected chi connectivity index (χ4v) is 3.56. The number of pyridine rings is 1. The van der Waals surface area contributed by atoms with E-state index in [0.29, 0.717) is 12.1 Å². The Bertz CT molecular complexity index is 610. The zero-order valence-corrected chi connectivity index (χ0v) is 15.1. The summed E-state index contributed by atoms with van der Waals surface area (Å²) in [7, 11) is 0. The normalized spacial score (nSPS) is 16.6. The van der Waals surface area contributed by atoms with E-state index < -0.39 is 0 Å². The van der Waals surface area contributed by atoms with Gasteiger partial charge in [0.1, 0.15) is 5.69 Å². The molecule has 24 heavy (non-hydrogen) atoms. The Morgan fingerprint density at radius 1 is 1.29 bits per heavy atom. The molecule has 0 aromatic carbocycles. The second-order valence-electron chi connectivity index (χ2n) is 6.31. The van der Waals surface area contributed by atoms with E-state index in [1.807, 2.05) is 18.2 Å². The highest BCUT2D eigenvalue weighted by atomic mass is 32.1. The van der Waals surface area contributed by atoms with Crippen LogP contribution < -0.4 is 5.32 Å². The highest BCUT2D eigenvalue weighted by Gasteiger charge is 2.20. The summed E-state index contributed by atoms with van der Waals surface area (Å²) in [6.07, 6.45) is 4.35. The number of aromatic nitrogens is 3. The molecule has 0 spiro atoms. The predicted octanol–water partition coefficient (Wildman–Crippen LogP) is 2.90. The van der Waals surface area contributed by atoms with Crippen LogP contribution in [0.5, 0.6) is 0 Å². The lowest BCUT2D eigenvalue weighted by Crippen LogP contribution is -2.40. The summed E-state index contributed by atoms with van der Waals surface area (Å²) in [5.41, 5.74) is 0.878. The fourth-order valence-electron chi connectivity index (χ4n) is 2.77. The summed E-state index contributed by atoms with van der Waals surface area (Å²) >= 11 is 1.57. The average Bonchev–Trinajstić information content (AvgIpc) is 3.05. The number of nitrogens with zero attached hydrogens (tertiary/aromatic N) is 4. The number of piperidine rings is 1. The van der Waals surface area contributed by atoms with Crippen LogP contribution in [0.25, 0.3) is 10.7 Å². The third-order valence-electron chi connectivity index (χ3n) is 4.08. The van der Waals surface area contributed by atoms with Crippen molar-refractivity contribution in [1.29, 1.82) is 0 Å². The van der Waals surface area contributed by atoms with Gasteiger partial charge in [0.25, 0.3) is 0 Å². The van der Waals surface area contributed by atoms with Gasteiger partial charge in [-0.1, -0.05) is 17.4 Å². The van der Waals surface area contributed by atoms with Crippen LogP contribution in [0.2, 0.25) is 0 Å². The van der Waals surface area contributed by atoms with Crippen LogP contribution in [0.4, 0.5) is 5.13 Å². The van der Waals surface area contributed by atoms with Crippen molar-refractivity contribution in [3.05, 3.63) is 24.4 Å². The van der Waals surface area contributed by atoms with Gasteiger partial charge in [-0.2, -0.15) is 0 Å². The van der Waals surface area contributed by atoms with Gasteiger partial charge < -0.3 is 15.0 Å². The van der Waals surface area contributed by atoms with Crippen LogP contribution in [-0.2, 0) is 4.74 Å². The number of likely N-dealkylation sites (tertiary alicyclic amines) is 1. The first-order chi connectivity index (χ1) is 11.7. The molecule has 0 amide bonds. The zero-order chi connectivity index (χ0) is 16.8. The van der Waals surface area contributed by atoms with E-state index in [0.717, 1.165) is 54.9 Å². The Morgan fingerprint density at radius 3 is 2.83 bits per heavy atom. The van der Waals surface area contributed by atoms with Gasteiger partial charge >= 0.3 is 0 Å². The number of hydrogen-bond acceptors (Lipinski definition) is 7. The second-order valence-corrected chi connectivity index (χ2v) is 7.28. The van der Waals surface area contributed by atoms with E-state index in [4.69, 9.17) is 4.74 Å². The molecule has 1 N–H and O–H groups in total. The second kappa shape index (κ2) is 8.50. The minimum absolute atomic E-state index is 0.315. The number of ether oxygens (including phenoxy) is 1.